The molecule has 2 amide bonds. The molecular formula is C15H20BrN3O2. The topological polar surface area (TPSA) is 75.4 Å². The molecule has 114 valence electrons. The van der Waals surface area contributed by atoms with Gasteiger partial charge in [-0.05, 0) is 44.4 Å². The fraction of sp³-hybridized carbons (Fsp3) is 0.467. The number of nitrogens with one attached hydrogen (secondary N) is 1. The van der Waals surface area contributed by atoms with Crippen LogP contribution in [0.1, 0.15) is 36.5 Å². The highest BCUT2D eigenvalue weighted by atomic mass is 79.9. The third-order valence-corrected chi connectivity index (χ3v) is 4.03. The van der Waals surface area contributed by atoms with Crippen LogP contribution in [0.3, 0.4) is 0 Å². The summed E-state index contributed by atoms with van der Waals surface area (Å²) < 4.78 is 0.739. The van der Waals surface area contributed by atoms with Crippen LogP contribution in [0, 0.1) is 0 Å². The lowest BCUT2D eigenvalue weighted by Gasteiger charge is -2.29. The predicted molar refractivity (Wildman–Crippen MR) is 85.9 cm³/mol. The van der Waals surface area contributed by atoms with Gasteiger partial charge in [-0.15, -0.1) is 0 Å². The van der Waals surface area contributed by atoms with Crippen LogP contribution in [0.2, 0.25) is 0 Å². The number of amides is 2. The second kappa shape index (κ2) is 6.93. The summed E-state index contributed by atoms with van der Waals surface area (Å²) in [5, 5.41) is 2.74. The smallest absolute Gasteiger partial charge is 0.252 e. The highest BCUT2D eigenvalue weighted by molar-refractivity contribution is 9.10. The van der Waals surface area contributed by atoms with E-state index in [9.17, 15) is 9.59 Å². The molecule has 0 radical (unpaired) electrons. The molecule has 6 heteroatoms. The van der Waals surface area contributed by atoms with Crippen molar-refractivity contribution >= 4 is 33.4 Å². The van der Waals surface area contributed by atoms with Crippen molar-refractivity contribution in [3.63, 3.8) is 0 Å². The highest BCUT2D eigenvalue weighted by Gasteiger charge is 2.23. The van der Waals surface area contributed by atoms with Crippen molar-refractivity contribution in [1.82, 2.24) is 10.2 Å². The standard InChI is InChI=1S/C15H20BrN3O2/c1-10(15(21)19-5-3-2-4-6-19)18-14(20)11-7-12(16)9-13(17)8-11/h7-10H,2-6,17H2,1H3,(H,18,20). The Hall–Kier alpha value is -1.56. The minimum Gasteiger partial charge on any atom is -0.399 e. The summed E-state index contributed by atoms with van der Waals surface area (Å²) in [5.74, 6) is -0.313. The number of nitrogens with two attached hydrogens (primary N) is 1. The Morgan fingerprint density at radius 1 is 1.24 bits per heavy atom. The fourth-order valence-electron chi connectivity index (χ4n) is 2.47. The number of nitrogens with zero attached hydrogens (tertiary/aromatic N) is 1. The lowest BCUT2D eigenvalue weighted by molar-refractivity contribution is -0.133. The average molecular weight is 354 g/mol. The van der Waals surface area contributed by atoms with Crippen molar-refractivity contribution in [2.75, 3.05) is 18.8 Å². The van der Waals surface area contributed by atoms with E-state index < -0.39 is 6.04 Å². The number of hydrogen-bond donors (Lipinski definition) is 2. The third-order valence-electron chi connectivity index (χ3n) is 3.57. The molecule has 1 fully saturated rings. The Morgan fingerprint density at radius 2 is 1.90 bits per heavy atom. The number of carbonyl (C=O) groups excluding carboxylic acids is 2. The first-order chi connectivity index (χ1) is 9.97. The number of hydrogen-bond acceptors (Lipinski definition) is 3. The van der Waals surface area contributed by atoms with Crippen LogP contribution in [-0.4, -0.2) is 35.8 Å². The number of carbonyl (C=O) groups is 2. The van der Waals surface area contributed by atoms with Gasteiger partial charge in [0.05, 0.1) is 0 Å². The molecule has 0 aliphatic carbocycles. The van der Waals surface area contributed by atoms with Gasteiger partial charge in [-0.3, -0.25) is 9.59 Å². The highest BCUT2D eigenvalue weighted by Crippen LogP contribution is 2.17. The number of rotatable bonds is 3. The summed E-state index contributed by atoms with van der Waals surface area (Å²) in [6.07, 6.45) is 3.24. The number of likely N-dealkylation sites (tertiary alicyclic amines) is 1. The molecule has 0 saturated carbocycles. The van der Waals surface area contributed by atoms with Crippen molar-refractivity contribution in [1.29, 1.82) is 0 Å². The Labute approximate surface area is 133 Å². The molecule has 1 aliphatic heterocycles. The molecule has 21 heavy (non-hydrogen) atoms. The Kier molecular flexibility index (Phi) is 5.22. The second-order valence-electron chi connectivity index (χ2n) is 5.35. The summed E-state index contributed by atoms with van der Waals surface area (Å²) in [6, 6.07) is 4.47. The van der Waals surface area contributed by atoms with E-state index in [4.69, 9.17) is 5.73 Å². The summed E-state index contributed by atoms with van der Waals surface area (Å²) >= 11 is 3.30. The van der Waals surface area contributed by atoms with Gasteiger partial charge in [-0.2, -0.15) is 0 Å². The third kappa shape index (κ3) is 4.20. The van der Waals surface area contributed by atoms with Gasteiger partial charge in [0.25, 0.3) is 5.91 Å². The van der Waals surface area contributed by atoms with Crippen molar-refractivity contribution in [3.05, 3.63) is 28.2 Å². The Morgan fingerprint density at radius 3 is 2.52 bits per heavy atom. The predicted octanol–water partition coefficient (Wildman–Crippen LogP) is 2.16. The second-order valence-corrected chi connectivity index (χ2v) is 6.27. The molecule has 1 saturated heterocycles. The van der Waals surface area contributed by atoms with Crippen LogP contribution < -0.4 is 11.1 Å². The van der Waals surface area contributed by atoms with E-state index in [1.165, 1.54) is 6.42 Å². The zero-order valence-electron chi connectivity index (χ0n) is 12.1. The van der Waals surface area contributed by atoms with Gasteiger partial charge in [0.1, 0.15) is 6.04 Å². The summed E-state index contributed by atoms with van der Waals surface area (Å²) in [7, 11) is 0. The van der Waals surface area contributed by atoms with Crippen LogP contribution in [0.25, 0.3) is 0 Å². The zero-order chi connectivity index (χ0) is 15.4. The van der Waals surface area contributed by atoms with E-state index in [1.54, 1.807) is 25.1 Å². The molecule has 2 rings (SSSR count). The zero-order valence-corrected chi connectivity index (χ0v) is 13.6. The largest absolute Gasteiger partial charge is 0.399 e. The van der Waals surface area contributed by atoms with Crippen molar-refractivity contribution < 1.29 is 9.59 Å². The fourth-order valence-corrected chi connectivity index (χ4v) is 2.98. The lowest BCUT2D eigenvalue weighted by Crippen LogP contribution is -2.48. The van der Waals surface area contributed by atoms with E-state index >= 15 is 0 Å². The quantitative estimate of drug-likeness (QED) is 0.817. The maximum Gasteiger partial charge on any atom is 0.252 e. The molecule has 1 aliphatic rings. The van der Waals surface area contributed by atoms with E-state index in [0.717, 1.165) is 30.4 Å². The van der Waals surface area contributed by atoms with Crippen molar-refractivity contribution in [2.45, 2.75) is 32.2 Å². The summed E-state index contributed by atoms with van der Waals surface area (Å²) in [4.78, 5) is 26.3. The Bertz CT molecular complexity index is 521. The lowest BCUT2D eigenvalue weighted by atomic mass is 10.1. The first kappa shape index (κ1) is 15.8. The van der Waals surface area contributed by atoms with Gasteiger partial charge in [-0.25, -0.2) is 0 Å². The average Bonchev–Trinajstić information content (AvgIpc) is 2.46. The monoisotopic (exact) mass is 353 g/mol. The maximum atomic E-state index is 12.3. The van der Waals surface area contributed by atoms with Crippen LogP contribution in [0.15, 0.2) is 22.7 Å². The minimum absolute atomic E-state index is 0.0222. The van der Waals surface area contributed by atoms with Gasteiger partial charge in [-0.1, -0.05) is 15.9 Å². The summed E-state index contributed by atoms with van der Waals surface area (Å²) in [5.41, 5.74) is 6.67. The van der Waals surface area contributed by atoms with Gasteiger partial charge in [0.15, 0.2) is 0 Å². The molecule has 1 aromatic rings. The number of halogens is 1. The van der Waals surface area contributed by atoms with Crippen LogP contribution >= 0.6 is 15.9 Å². The SMILES string of the molecule is CC(NC(=O)c1cc(N)cc(Br)c1)C(=O)N1CCCCC1. The number of piperidine rings is 1. The first-order valence-corrected chi connectivity index (χ1v) is 7.92. The van der Waals surface area contributed by atoms with Crippen LogP contribution in [0.4, 0.5) is 5.69 Å². The number of nitrogen functional groups attached to an aromatic ring is 1. The number of benzene rings is 1. The van der Waals surface area contributed by atoms with Crippen LogP contribution in [0.5, 0.6) is 0 Å². The van der Waals surface area contributed by atoms with Gasteiger partial charge < -0.3 is 16.0 Å². The maximum absolute atomic E-state index is 12.3. The van der Waals surface area contributed by atoms with E-state index in [2.05, 4.69) is 21.2 Å². The summed E-state index contributed by atoms with van der Waals surface area (Å²) in [6.45, 7) is 3.28. The molecule has 0 bridgehead atoms. The van der Waals surface area contributed by atoms with Crippen molar-refractivity contribution in [3.8, 4) is 0 Å². The van der Waals surface area contributed by atoms with Crippen LogP contribution in [-0.2, 0) is 4.79 Å². The molecule has 0 aromatic heterocycles. The molecule has 5 nitrogen and oxygen atoms in total. The molecule has 1 aromatic carbocycles. The molecule has 1 heterocycles. The van der Waals surface area contributed by atoms with Gasteiger partial charge >= 0.3 is 0 Å². The minimum atomic E-state index is -0.532. The van der Waals surface area contributed by atoms with Gasteiger partial charge in [0.2, 0.25) is 5.91 Å². The van der Waals surface area contributed by atoms with Crippen molar-refractivity contribution in [2.24, 2.45) is 0 Å². The first-order valence-electron chi connectivity index (χ1n) is 7.13. The normalized spacial score (nSPS) is 16.4. The van der Waals surface area contributed by atoms with Gasteiger partial charge in [0, 0.05) is 28.8 Å². The number of anilines is 1. The Balaban J connectivity index is 1.99. The van der Waals surface area contributed by atoms with E-state index in [-0.39, 0.29) is 11.8 Å². The van der Waals surface area contributed by atoms with E-state index in [0.29, 0.717) is 11.3 Å². The molecule has 1 unspecified atom stereocenters. The van der Waals surface area contributed by atoms with E-state index in [1.807, 2.05) is 4.90 Å². The molecule has 3 N–H and O–H groups in total. The molecule has 0 spiro atoms. The molecule has 1 atom stereocenters. The molecular weight excluding hydrogens is 334 g/mol.